The molecule has 3 aromatic rings. The van der Waals surface area contributed by atoms with Gasteiger partial charge < -0.3 is 9.15 Å². The summed E-state index contributed by atoms with van der Waals surface area (Å²) in [5, 5.41) is 3.91. The van der Waals surface area contributed by atoms with E-state index in [1.807, 2.05) is 38.1 Å². The van der Waals surface area contributed by atoms with Crippen molar-refractivity contribution in [2.45, 2.75) is 32.8 Å². The molecule has 0 radical (unpaired) electrons. The number of ether oxygens (including phenoxy) is 1. The van der Waals surface area contributed by atoms with Gasteiger partial charge in [0.25, 0.3) is 0 Å². The van der Waals surface area contributed by atoms with Gasteiger partial charge in [-0.25, -0.2) is 13.6 Å². The van der Waals surface area contributed by atoms with Crippen LogP contribution in [-0.2, 0) is 6.42 Å². The fourth-order valence-corrected chi connectivity index (χ4v) is 2.40. The van der Waals surface area contributed by atoms with Crippen LogP contribution in [0.5, 0.6) is 5.75 Å². The molecule has 1 unspecified atom stereocenters. The van der Waals surface area contributed by atoms with Crippen LogP contribution in [-0.4, -0.2) is 15.9 Å². The SMILES string of the molecule is CCC(C)Oc1ccc(Cc2nn(-c3c(F)cccc3F)c(=O)o2)cc1. The summed E-state index contributed by atoms with van der Waals surface area (Å²) in [6, 6.07) is 10.6. The van der Waals surface area contributed by atoms with Gasteiger partial charge in [-0.3, -0.25) is 0 Å². The lowest BCUT2D eigenvalue weighted by Gasteiger charge is -2.12. The van der Waals surface area contributed by atoms with Crippen LogP contribution < -0.4 is 10.5 Å². The number of rotatable bonds is 6. The first kappa shape index (κ1) is 17.8. The number of nitrogens with zero attached hydrogens (tertiary/aromatic N) is 2. The van der Waals surface area contributed by atoms with Gasteiger partial charge in [-0.2, -0.15) is 4.68 Å². The zero-order chi connectivity index (χ0) is 18.7. The largest absolute Gasteiger partial charge is 0.491 e. The van der Waals surface area contributed by atoms with E-state index >= 15 is 0 Å². The summed E-state index contributed by atoms with van der Waals surface area (Å²) >= 11 is 0. The van der Waals surface area contributed by atoms with Crippen LogP contribution >= 0.6 is 0 Å². The highest BCUT2D eigenvalue weighted by atomic mass is 19.1. The Kier molecular flexibility index (Phi) is 5.16. The topological polar surface area (TPSA) is 57.3 Å². The normalized spacial score (nSPS) is 12.2. The molecule has 0 saturated heterocycles. The molecule has 0 fully saturated rings. The van der Waals surface area contributed by atoms with Crippen molar-refractivity contribution in [1.82, 2.24) is 9.78 Å². The minimum Gasteiger partial charge on any atom is -0.491 e. The van der Waals surface area contributed by atoms with Crippen LogP contribution in [0.3, 0.4) is 0 Å². The Morgan fingerprint density at radius 1 is 1.15 bits per heavy atom. The minimum atomic E-state index is -0.944. The molecule has 0 spiro atoms. The smallest absolute Gasteiger partial charge is 0.442 e. The van der Waals surface area contributed by atoms with E-state index in [1.165, 1.54) is 6.07 Å². The van der Waals surface area contributed by atoms with Gasteiger partial charge in [-0.05, 0) is 43.2 Å². The van der Waals surface area contributed by atoms with Gasteiger partial charge in [0.05, 0.1) is 12.5 Å². The fraction of sp³-hybridized carbons (Fsp3) is 0.263. The molecule has 1 heterocycles. The highest BCUT2D eigenvalue weighted by molar-refractivity contribution is 5.34. The Hall–Kier alpha value is -2.96. The third-order valence-corrected chi connectivity index (χ3v) is 3.93. The first-order chi connectivity index (χ1) is 12.5. The van der Waals surface area contributed by atoms with Gasteiger partial charge in [0.2, 0.25) is 5.89 Å². The first-order valence-corrected chi connectivity index (χ1v) is 8.27. The summed E-state index contributed by atoms with van der Waals surface area (Å²) in [4.78, 5) is 11.9. The second-order valence-corrected chi connectivity index (χ2v) is 5.90. The van der Waals surface area contributed by atoms with Gasteiger partial charge in [0, 0.05) is 0 Å². The standard InChI is InChI=1S/C19H18F2N2O3/c1-3-12(2)25-14-9-7-13(8-10-14)11-17-22-23(19(24)26-17)18-15(20)5-4-6-16(18)21/h4-10,12H,3,11H2,1-2H3. The summed E-state index contributed by atoms with van der Waals surface area (Å²) in [5.74, 6) is -1.92. The van der Waals surface area contributed by atoms with Gasteiger partial charge >= 0.3 is 5.76 Å². The van der Waals surface area contributed by atoms with Crippen molar-refractivity contribution in [3.8, 4) is 11.4 Å². The lowest BCUT2D eigenvalue weighted by atomic mass is 10.1. The van der Waals surface area contributed by atoms with Gasteiger partial charge in [0.1, 0.15) is 11.4 Å². The molecule has 3 rings (SSSR count). The van der Waals surface area contributed by atoms with Crippen LogP contribution in [0, 0.1) is 11.6 Å². The number of halogens is 2. The Morgan fingerprint density at radius 2 is 1.81 bits per heavy atom. The molecule has 1 atom stereocenters. The second kappa shape index (κ2) is 7.51. The molecule has 26 heavy (non-hydrogen) atoms. The van der Waals surface area contributed by atoms with E-state index in [0.29, 0.717) is 4.68 Å². The summed E-state index contributed by atoms with van der Waals surface area (Å²) in [6.45, 7) is 4.02. The number of para-hydroxylation sites is 1. The van der Waals surface area contributed by atoms with Crippen molar-refractivity contribution in [3.05, 3.63) is 76.1 Å². The Labute approximate surface area is 148 Å². The number of hydrogen-bond acceptors (Lipinski definition) is 4. The molecule has 136 valence electrons. The predicted molar refractivity (Wildman–Crippen MR) is 91.6 cm³/mol. The molecule has 7 heteroatoms. The van der Waals surface area contributed by atoms with Crippen molar-refractivity contribution in [1.29, 1.82) is 0 Å². The molecule has 0 N–H and O–H groups in total. The maximum Gasteiger partial charge on any atom is 0.442 e. The molecule has 2 aromatic carbocycles. The van der Waals surface area contributed by atoms with Crippen LogP contribution in [0.4, 0.5) is 8.78 Å². The molecule has 5 nitrogen and oxygen atoms in total. The monoisotopic (exact) mass is 360 g/mol. The number of hydrogen-bond donors (Lipinski definition) is 0. The third kappa shape index (κ3) is 3.82. The van der Waals surface area contributed by atoms with E-state index in [9.17, 15) is 13.6 Å². The van der Waals surface area contributed by atoms with Crippen LogP contribution in [0.2, 0.25) is 0 Å². The molecule has 0 aliphatic carbocycles. The highest BCUT2D eigenvalue weighted by Gasteiger charge is 2.17. The Bertz CT molecular complexity index is 928. The van der Waals surface area contributed by atoms with E-state index in [0.717, 1.165) is 29.9 Å². The van der Waals surface area contributed by atoms with E-state index in [-0.39, 0.29) is 18.4 Å². The summed E-state index contributed by atoms with van der Waals surface area (Å²) in [6.07, 6.45) is 1.23. The lowest BCUT2D eigenvalue weighted by molar-refractivity contribution is 0.217. The van der Waals surface area contributed by atoms with Gasteiger partial charge in [-0.1, -0.05) is 25.1 Å². The maximum absolute atomic E-state index is 13.8. The first-order valence-electron chi connectivity index (χ1n) is 8.27. The van der Waals surface area contributed by atoms with Crippen molar-refractivity contribution in [3.63, 3.8) is 0 Å². The Morgan fingerprint density at radius 3 is 2.42 bits per heavy atom. The number of benzene rings is 2. The van der Waals surface area contributed by atoms with E-state index in [2.05, 4.69) is 5.10 Å². The van der Waals surface area contributed by atoms with E-state index < -0.39 is 23.1 Å². The van der Waals surface area contributed by atoms with E-state index in [4.69, 9.17) is 9.15 Å². The summed E-state index contributed by atoms with van der Waals surface area (Å²) in [5.41, 5.74) is 0.272. The van der Waals surface area contributed by atoms with Crippen LogP contribution in [0.1, 0.15) is 31.7 Å². The molecule has 0 saturated carbocycles. The van der Waals surface area contributed by atoms with E-state index in [1.54, 1.807) is 0 Å². The average Bonchev–Trinajstić information content (AvgIpc) is 2.96. The average molecular weight is 360 g/mol. The molecular formula is C19H18F2N2O3. The molecule has 0 aliphatic heterocycles. The molecule has 1 aromatic heterocycles. The fourth-order valence-electron chi connectivity index (χ4n) is 2.40. The number of aromatic nitrogens is 2. The quantitative estimate of drug-likeness (QED) is 0.670. The zero-order valence-corrected chi connectivity index (χ0v) is 14.4. The summed E-state index contributed by atoms with van der Waals surface area (Å²) < 4.78 is 39.0. The molecule has 0 bridgehead atoms. The van der Waals surface area contributed by atoms with Gasteiger partial charge in [-0.15, -0.1) is 5.10 Å². The van der Waals surface area contributed by atoms with Gasteiger partial charge in [0.15, 0.2) is 11.6 Å². The second-order valence-electron chi connectivity index (χ2n) is 5.90. The Balaban J connectivity index is 1.81. The maximum atomic E-state index is 13.8. The molecule has 0 aliphatic rings. The molecular weight excluding hydrogens is 342 g/mol. The third-order valence-electron chi connectivity index (χ3n) is 3.93. The van der Waals surface area contributed by atoms with Crippen molar-refractivity contribution in [2.24, 2.45) is 0 Å². The van der Waals surface area contributed by atoms with Crippen LogP contribution in [0.25, 0.3) is 5.69 Å². The zero-order valence-electron chi connectivity index (χ0n) is 14.4. The minimum absolute atomic E-state index is 0.0632. The van der Waals surface area contributed by atoms with Crippen LogP contribution in [0.15, 0.2) is 51.7 Å². The highest BCUT2D eigenvalue weighted by Crippen LogP contribution is 2.18. The lowest BCUT2D eigenvalue weighted by Crippen LogP contribution is -2.16. The van der Waals surface area contributed by atoms with Crippen molar-refractivity contribution in [2.75, 3.05) is 0 Å². The predicted octanol–water partition coefficient (Wildman–Crippen LogP) is 3.87. The summed E-state index contributed by atoms with van der Waals surface area (Å²) in [7, 11) is 0. The van der Waals surface area contributed by atoms with Crippen molar-refractivity contribution >= 4 is 0 Å². The van der Waals surface area contributed by atoms with Crippen molar-refractivity contribution < 1.29 is 17.9 Å². The molecule has 0 amide bonds.